The minimum Gasteiger partial charge on any atom is -0.394 e. The van der Waals surface area contributed by atoms with Gasteiger partial charge in [-0.1, -0.05) is 19.3 Å². The van der Waals surface area contributed by atoms with Crippen LogP contribution in [-0.2, 0) is 0 Å². The lowest BCUT2D eigenvalue weighted by Gasteiger charge is -2.34. The van der Waals surface area contributed by atoms with Gasteiger partial charge in [-0.05, 0) is 63.5 Å². The average Bonchev–Trinajstić information content (AvgIpc) is 3.01. The molecule has 1 aliphatic heterocycles. The van der Waals surface area contributed by atoms with Crippen molar-refractivity contribution in [3.63, 3.8) is 0 Å². The van der Waals surface area contributed by atoms with Gasteiger partial charge < -0.3 is 15.7 Å². The van der Waals surface area contributed by atoms with E-state index in [1.54, 1.807) is 0 Å². The van der Waals surface area contributed by atoms with Crippen molar-refractivity contribution in [2.24, 2.45) is 17.6 Å². The Bertz CT molecular complexity index is 309. The molecule has 19 heavy (non-hydrogen) atoms. The fraction of sp³-hybridized carbons (Fsp3) is 1.00. The summed E-state index contributed by atoms with van der Waals surface area (Å²) >= 11 is 0. The van der Waals surface area contributed by atoms with Gasteiger partial charge in [-0.25, -0.2) is 0 Å². The average molecular weight is 266 g/mol. The summed E-state index contributed by atoms with van der Waals surface area (Å²) in [7, 11) is 0. The van der Waals surface area contributed by atoms with Crippen LogP contribution < -0.4 is 5.73 Å². The second-order valence-corrected chi connectivity index (χ2v) is 7.21. The van der Waals surface area contributed by atoms with Crippen LogP contribution in [0.25, 0.3) is 0 Å². The molecular weight excluding hydrogens is 236 g/mol. The van der Waals surface area contributed by atoms with Gasteiger partial charge in [-0.3, -0.25) is 0 Å². The van der Waals surface area contributed by atoms with Crippen LogP contribution >= 0.6 is 0 Å². The molecule has 0 spiro atoms. The number of hydrogen-bond donors (Lipinski definition) is 2. The first-order valence-corrected chi connectivity index (χ1v) is 8.37. The van der Waals surface area contributed by atoms with Gasteiger partial charge in [0.2, 0.25) is 0 Å². The van der Waals surface area contributed by atoms with E-state index < -0.39 is 0 Å². The number of likely N-dealkylation sites (tertiary alicyclic amines) is 1. The fourth-order valence-corrected chi connectivity index (χ4v) is 4.91. The van der Waals surface area contributed by atoms with Gasteiger partial charge in [0.25, 0.3) is 0 Å². The molecule has 3 N–H and O–H groups in total. The maximum atomic E-state index is 9.54. The molecule has 0 bridgehead atoms. The number of rotatable bonds is 4. The molecule has 0 aromatic carbocycles. The maximum absolute atomic E-state index is 9.54. The van der Waals surface area contributed by atoms with E-state index in [-0.39, 0.29) is 12.1 Å². The van der Waals surface area contributed by atoms with Crippen molar-refractivity contribution in [1.82, 2.24) is 4.90 Å². The maximum Gasteiger partial charge on any atom is 0.0613 e. The Kier molecular flexibility index (Phi) is 4.16. The molecule has 3 fully saturated rings. The molecule has 4 atom stereocenters. The van der Waals surface area contributed by atoms with E-state index >= 15 is 0 Å². The van der Waals surface area contributed by atoms with E-state index in [1.165, 1.54) is 64.5 Å². The third kappa shape index (κ3) is 2.70. The predicted molar refractivity (Wildman–Crippen MR) is 77.9 cm³/mol. The molecular formula is C16H30N2O. The molecule has 110 valence electrons. The summed E-state index contributed by atoms with van der Waals surface area (Å²) in [5.41, 5.74) is 6.08. The van der Waals surface area contributed by atoms with Crippen molar-refractivity contribution >= 4 is 0 Å². The van der Waals surface area contributed by atoms with Crippen molar-refractivity contribution in [1.29, 1.82) is 0 Å². The summed E-state index contributed by atoms with van der Waals surface area (Å²) in [6.45, 7) is 2.69. The summed E-state index contributed by atoms with van der Waals surface area (Å²) < 4.78 is 0. The molecule has 1 heterocycles. The third-order valence-electron chi connectivity index (χ3n) is 6.19. The Morgan fingerprint density at radius 1 is 1.11 bits per heavy atom. The third-order valence-corrected chi connectivity index (χ3v) is 6.19. The van der Waals surface area contributed by atoms with E-state index in [2.05, 4.69) is 4.90 Å². The zero-order valence-electron chi connectivity index (χ0n) is 12.2. The lowest BCUT2D eigenvalue weighted by Crippen LogP contribution is -2.48. The zero-order chi connectivity index (χ0) is 13.3. The minimum absolute atomic E-state index is 0.170. The van der Waals surface area contributed by atoms with Gasteiger partial charge in [0.1, 0.15) is 0 Å². The number of fused-ring (bicyclic) bond motifs is 1. The van der Waals surface area contributed by atoms with Crippen molar-refractivity contribution in [3.8, 4) is 0 Å². The molecule has 1 saturated heterocycles. The molecule has 0 radical (unpaired) electrons. The Hall–Kier alpha value is -0.120. The Morgan fingerprint density at radius 2 is 1.95 bits per heavy atom. The van der Waals surface area contributed by atoms with Gasteiger partial charge in [0, 0.05) is 11.6 Å². The monoisotopic (exact) mass is 266 g/mol. The van der Waals surface area contributed by atoms with Crippen LogP contribution in [0.2, 0.25) is 0 Å². The van der Waals surface area contributed by atoms with Crippen molar-refractivity contribution in [3.05, 3.63) is 0 Å². The van der Waals surface area contributed by atoms with Crippen molar-refractivity contribution in [2.75, 3.05) is 19.7 Å². The standard InChI is InChI=1S/C16H30N2O/c17-16(12-19)9-3-5-14(16)8-11-18-10-7-13-4-1-2-6-15(13)18/h13-15,19H,1-12,17H2. The highest BCUT2D eigenvalue weighted by Crippen LogP contribution is 2.39. The van der Waals surface area contributed by atoms with E-state index in [1.807, 2.05) is 0 Å². The van der Waals surface area contributed by atoms with Crippen molar-refractivity contribution in [2.45, 2.75) is 69.4 Å². The van der Waals surface area contributed by atoms with Crippen LogP contribution in [0.3, 0.4) is 0 Å². The first-order valence-electron chi connectivity index (χ1n) is 8.37. The molecule has 0 amide bonds. The molecule has 2 aliphatic carbocycles. The summed E-state index contributed by atoms with van der Waals surface area (Å²) in [5, 5.41) is 9.54. The number of hydrogen-bond acceptors (Lipinski definition) is 3. The molecule has 2 saturated carbocycles. The quantitative estimate of drug-likeness (QED) is 0.819. The largest absolute Gasteiger partial charge is 0.394 e. The van der Waals surface area contributed by atoms with Crippen LogP contribution in [-0.4, -0.2) is 41.3 Å². The van der Waals surface area contributed by atoms with Crippen LogP contribution in [0, 0.1) is 11.8 Å². The van der Waals surface area contributed by atoms with Gasteiger partial charge in [0.05, 0.1) is 6.61 Å². The zero-order valence-corrected chi connectivity index (χ0v) is 12.2. The highest BCUT2D eigenvalue weighted by Gasteiger charge is 2.40. The summed E-state index contributed by atoms with van der Waals surface area (Å²) in [6, 6.07) is 0.872. The lowest BCUT2D eigenvalue weighted by atomic mass is 9.84. The highest BCUT2D eigenvalue weighted by molar-refractivity contribution is 4.97. The molecule has 0 aromatic rings. The highest BCUT2D eigenvalue weighted by atomic mass is 16.3. The topological polar surface area (TPSA) is 49.5 Å². The number of nitrogens with two attached hydrogens (primary N) is 1. The first kappa shape index (κ1) is 13.8. The van der Waals surface area contributed by atoms with Gasteiger partial charge >= 0.3 is 0 Å². The van der Waals surface area contributed by atoms with Crippen molar-refractivity contribution < 1.29 is 5.11 Å². The van der Waals surface area contributed by atoms with Crippen LogP contribution in [0.5, 0.6) is 0 Å². The fourth-order valence-electron chi connectivity index (χ4n) is 4.91. The number of aliphatic hydroxyl groups is 1. The van der Waals surface area contributed by atoms with Crippen LogP contribution in [0.4, 0.5) is 0 Å². The second kappa shape index (κ2) is 5.71. The minimum atomic E-state index is -0.272. The Balaban J connectivity index is 1.52. The molecule has 3 nitrogen and oxygen atoms in total. The molecule has 0 aromatic heterocycles. The molecule has 3 rings (SSSR count). The molecule has 3 aliphatic rings. The summed E-state index contributed by atoms with van der Waals surface area (Å²) in [6.07, 6.45) is 11.8. The first-order chi connectivity index (χ1) is 9.23. The molecule has 4 unspecified atom stereocenters. The van der Waals surface area contributed by atoms with Gasteiger partial charge in [-0.15, -0.1) is 0 Å². The van der Waals surface area contributed by atoms with E-state index in [0.29, 0.717) is 5.92 Å². The summed E-state index contributed by atoms with van der Waals surface area (Å²) in [5.74, 6) is 1.53. The smallest absolute Gasteiger partial charge is 0.0613 e. The Labute approximate surface area is 117 Å². The van der Waals surface area contributed by atoms with E-state index in [4.69, 9.17) is 5.73 Å². The van der Waals surface area contributed by atoms with Crippen LogP contribution in [0.15, 0.2) is 0 Å². The van der Waals surface area contributed by atoms with Crippen LogP contribution in [0.1, 0.15) is 57.8 Å². The van der Waals surface area contributed by atoms with E-state index in [0.717, 1.165) is 18.4 Å². The normalized spacial score (nSPS) is 43.6. The molecule has 3 heteroatoms. The summed E-state index contributed by atoms with van der Waals surface area (Å²) in [4.78, 5) is 2.74. The predicted octanol–water partition coefficient (Wildman–Crippen LogP) is 2.13. The van der Waals surface area contributed by atoms with Gasteiger partial charge in [0.15, 0.2) is 0 Å². The number of aliphatic hydroxyl groups excluding tert-OH is 1. The number of nitrogens with zero attached hydrogens (tertiary/aromatic N) is 1. The Morgan fingerprint density at radius 3 is 2.79 bits per heavy atom. The lowest BCUT2D eigenvalue weighted by molar-refractivity contribution is 0.131. The van der Waals surface area contributed by atoms with Gasteiger partial charge in [-0.2, -0.15) is 0 Å². The van der Waals surface area contributed by atoms with E-state index in [9.17, 15) is 5.11 Å². The second-order valence-electron chi connectivity index (χ2n) is 7.21. The SMILES string of the molecule is NC1(CO)CCCC1CCN1CCC2CCCCC21.